The van der Waals surface area contributed by atoms with Crippen LogP contribution in [0, 0.1) is 21.7 Å². The number of nitrogens with one attached hydrogen (secondary N) is 1. The number of hydrogen-bond donors (Lipinski definition) is 1. The van der Waals surface area contributed by atoms with E-state index < -0.39 is 34.0 Å². The van der Waals surface area contributed by atoms with E-state index in [2.05, 4.69) is 5.32 Å². The van der Waals surface area contributed by atoms with Crippen LogP contribution in [0.3, 0.4) is 0 Å². The summed E-state index contributed by atoms with van der Waals surface area (Å²) in [5, 5.41) is 13.5. The van der Waals surface area contributed by atoms with Crippen LogP contribution >= 0.6 is 0 Å². The van der Waals surface area contributed by atoms with Gasteiger partial charge in [-0.3, -0.25) is 10.1 Å². The van der Waals surface area contributed by atoms with Gasteiger partial charge < -0.3 is 9.73 Å². The molecule has 1 atom stereocenters. The second-order valence-electron chi connectivity index (χ2n) is 4.13. The molecule has 0 fully saturated rings. The monoisotopic (exact) mass is 282 g/mol. The van der Waals surface area contributed by atoms with Crippen LogP contribution in [0.2, 0.25) is 0 Å². The molecule has 7 heteroatoms. The minimum Gasteiger partial charge on any atom is -0.467 e. The Morgan fingerprint density at radius 3 is 2.70 bits per heavy atom. The predicted octanol–water partition coefficient (Wildman–Crippen LogP) is 4.03. The van der Waals surface area contributed by atoms with E-state index in [9.17, 15) is 18.9 Å². The zero-order chi connectivity index (χ0) is 14.7. The minimum absolute atomic E-state index is 0.474. The van der Waals surface area contributed by atoms with E-state index in [0.717, 1.165) is 12.1 Å². The maximum Gasteiger partial charge on any atom is 0.295 e. The van der Waals surface area contributed by atoms with Gasteiger partial charge >= 0.3 is 0 Å². The van der Waals surface area contributed by atoms with Crippen LogP contribution in [0.1, 0.15) is 25.1 Å². The molecule has 0 bridgehead atoms. The maximum atomic E-state index is 13.8. The van der Waals surface area contributed by atoms with Gasteiger partial charge in [0.25, 0.3) is 5.69 Å². The predicted molar refractivity (Wildman–Crippen MR) is 68.4 cm³/mol. The molecule has 1 N–H and O–H groups in total. The van der Waals surface area contributed by atoms with Gasteiger partial charge in [0, 0.05) is 6.07 Å². The molecule has 0 amide bonds. The second-order valence-corrected chi connectivity index (χ2v) is 4.13. The summed E-state index contributed by atoms with van der Waals surface area (Å²) in [7, 11) is 0. The molecule has 5 nitrogen and oxygen atoms in total. The highest BCUT2D eigenvalue weighted by molar-refractivity contribution is 5.63. The number of benzene rings is 1. The van der Waals surface area contributed by atoms with E-state index in [4.69, 9.17) is 4.42 Å². The van der Waals surface area contributed by atoms with Gasteiger partial charge in [0.2, 0.25) is 0 Å². The fraction of sp³-hybridized carbons (Fsp3) is 0.231. The van der Waals surface area contributed by atoms with E-state index >= 15 is 0 Å². The highest BCUT2D eigenvalue weighted by Crippen LogP contribution is 2.33. The number of hydrogen-bond acceptors (Lipinski definition) is 4. The lowest BCUT2D eigenvalue weighted by molar-refractivity contribution is -0.384. The zero-order valence-corrected chi connectivity index (χ0v) is 10.6. The van der Waals surface area contributed by atoms with Crippen molar-refractivity contribution in [3.05, 3.63) is 58.0 Å². The average Bonchev–Trinajstić information content (AvgIpc) is 2.94. The van der Waals surface area contributed by atoms with Crippen molar-refractivity contribution in [1.82, 2.24) is 0 Å². The standard InChI is InChI=1S/C13H12F2N2O3/c1-2-9(11-4-3-7-20-11)16-13-10(17(18)19)6-5-8(14)12(13)15/h3-7,9,16H,2H2,1H3. The Morgan fingerprint density at radius 2 is 2.15 bits per heavy atom. The van der Waals surface area contributed by atoms with Gasteiger partial charge in [0.05, 0.1) is 17.2 Å². The molecule has 1 aromatic carbocycles. The van der Waals surface area contributed by atoms with Gasteiger partial charge in [-0.15, -0.1) is 0 Å². The number of nitrogens with zero attached hydrogens (tertiary/aromatic N) is 1. The number of rotatable bonds is 5. The Labute approximate surface area is 113 Å². The third-order valence-corrected chi connectivity index (χ3v) is 2.88. The first-order valence-electron chi connectivity index (χ1n) is 5.97. The van der Waals surface area contributed by atoms with Gasteiger partial charge in [-0.1, -0.05) is 6.92 Å². The third-order valence-electron chi connectivity index (χ3n) is 2.88. The molecule has 0 aliphatic carbocycles. The van der Waals surface area contributed by atoms with Gasteiger partial charge in [-0.25, -0.2) is 8.78 Å². The summed E-state index contributed by atoms with van der Waals surface area (Å²) in [6, 6.07) is 4.47. The molecule has 0 aliphatic rings. The highest BCUT2D eigenvalue weighted by Gasteiger charge is 2.24. The number of nitro groups is 1. The van der Waals surface area contributed by atoms with E-state index in [-0.39, 0.29) is 0 Å². The molecule has 0 radical (unpaired) electrons. The van der Waals surface area contributed by atoms with E-state index in [1.165, 1.54) is 6.26 Å². The fourth-order valence-corrected chi connectivity index (χ4v) is 1.87. The topological polar surface area (TPSA) is 68.3 Å². The minimum atomic E-state index is -1.27. The Bertz CT molecular complexity index is 614. The van der Waals surface area contributed by atoms with Gasteiger partial charge in [0.15, 0.2) is 17.3 Å². The molecular weight excluding hydrogens is 270 g/mol. The van der Waals surface area contributed by atoms with Crippen molar-refractivity contribution in [3.63, 3.8) is 0 Å². The summed E-state index contributed by atoms with van der Waals surface area (Å²) in [4.78, 5) is 10.1. The molecular formula is C13H12F2N2O3. The van der Waals surface area contributed by atoms with Crippen LogP contribution in [0.15, 0.2) is 34.9 Å². The van der Waals surface area contributed by atoms with Gasteiger partial charge in [-0.05, 0) is 24.6 Å². The largest absolute Gasteiger partial charge is 0.467 e. The van der Waals surface area contributed by atoms with Crippen LogP contribution in [-0.2, 0) is 0 Å². The van der Waals surface area contributed by atoms with Gasteiger partial charge in [0.1, 0.15) is 5.76 Å². The summed E-state index contributed by atoms with van der Waals surface area (Å²) in [6.07, 6.45) is 1.93. The molecule has 2 rings (SSSR count). The molecule has 0 aliphatic heterocycles. The number of halogens is 2. The quantitative estimate of drug-likeness (QED) is 0.664. The Morgan fingerprint density at radius 1 is 1.40 bits per heavy atom. The first kappa shape index (κ1) is 14.0. The number of nitro benzene ring substituents is 1. The third kappa shape index (κ3) is 2.61. The van der Waals surface area contributed by atoms with Crippen LogP contribution in [0.5, 0.6) is 0 Å². The molecule has 1 aromatic heterocycles. The second kappa shape index (κ2) is 5.68. The van der Waals surface area contributed by atoms with Crippen molar-refractivity contribution in [2.24, 2.45) is 0 Å². The zero-order valence-electron chi connectivity index (χ0n) is 10.6. The van der Waals surface area contributed by atoms with Crippen molar-refractivity contribution in [1.29, 1.82) is 0 Å². The summed E-state index contributed by atoms with van der Waals surface area (Å²) in [5.74, 6) is -1.93. The van der Waals surface area contributed by atoms with Gasteiger partial charge in [-0.2, -0.15) is 0 Å². The first-order valence-corrected chi connectivity index (χ1v) is 5.97. The molecule has 0 saturated heterocycles. The summed E-state index contributed by atoms with van der Waals surface area (Å²) >= 11 is 0. The molecule has 106 valence electrons. The molecule has 2 aromatic rings. The molecule has 1 unspecified atom stereocenters. The SMILES string of the molecule is CCC(Nc1c([N+](=O)[O-])ccc(F)c1F)c1ccco1. The fourth-order valence-electron chi connectivity index (χ4n) is 1.87. The number of anilines is 1. The first-order chi connectivity index (χ1) is 9.54. The summed E-state index contributed by atoms with van der Waals surface area (Å²) in [5.41, 5.74) is -0.993. The number of furan rings is 1. The summed E-state index contributed by atoms with van der Waals surface area (Å²) in [6.45, 7) is 1.79. The average molecular weight is 282 g/mol. The van der Waals surface area contributed by atoms with E-state index in [1.807, 2.05) is 0 Å². The highest BCUT2D eigenvalue weighted by atomic mass is 19.2. The summed E-state index contributed by atoms with van der Waals surface area (Å²) < 4.78 is 32.2. The van der Waals surface area contributed by atoms with E-state index in [0.29, 0.717) is 12.2 Å². The Kier molecular flexibility index (Phi) is 3.97. The Hall–Kier alpha value is -2.44. The molecule has 0 saturated carbocycles. The van der Waals surface area contributed by atoms with Crippen molar-refractivity contribution in [3.8, 4) is 0 Å². The van der Waals surface area contributed by atoms with Crippen LogP contribution in [0.4, 0.5) is 20.2 Å². The van der Waals surface area contributed by atoms with Crippen LogP contribution < -0.4 is 5.32 Å². The van der Waals surface area contributed by atoms with Crippen LogP contribution in [0.25, 0.3) is 0 Å². The molecule has 20 heavy (non-hydrogen) atoms. The maximum absolute atomic E-state index is 13.8. The van der Waals surface area contributed by atoms with Crippen molar-refractivity contribution >= 4 is 11.4 Å². The van der Waals surface area contributed by atoms with Crippen molar-refractivity contribution < 1.29 is 18.1 Å². The lowest BCUT2D eigenvalue weighted by Crippen LogP contribution is -2.12. The molecule has 1 heterocycles. The molecule has 0 spiro atoms. The lowest BCUT2D eigenvalue weighted by Gasteiger charge is -2.16. The Balaban J connectivity index is 2.41. The smallest absolute Gasteiger partial charge is 0.295 e. The van der Waals surface area contributed by atoms with Crippen molar-refractivity contribution in [2.45, 2.75) is 19.4 Å². The van der Waals surface area contributed by atoms with Crippen molar-refractivity contribution in [2.75, 3.05) is 5.32 Å². The van der Waals surface area contributed by atoms with E-state index in [1.54, 1.807) is 19.1 Å². The normalized spacial score (nSPS) is 12.2. The van der Waals surface area contributed by atoms with Crippen LogP contribution in [-0.4, -0.2) is 4.92 Å². The lowest BCUT2D eigenvalue weighted by atomic mass is 10.1.